The number of nitrogens with zero attached hydrogens (tertiary/aromatic N) is 1. The van der Waals surface area contributed by atoms with Crippen LogP contribution in [-0.4, -0.2) is 30.7 Å². The summed E-state index contributed by atoms with van der Waals surface area (Å²) in [6.45, 7) is 0.0353. The van der Waals surface area contributed by atoms with Crippen molar-refractivity contribution in [1.82, 2.24) is 4.57 Å². The molecule has 0 saturated carbocycles. The predicted molar refractivity (Wildman–Crippen MR) is 75.3 cm³/mol. The first-order valence-corrected chi connectivity index (χ1v) is 6.87. The SMILES string of the molecule is Cc1cc(=O)n(CC2OCCO2)c2cc(OC(F)F)ccc12. The number of aromatic nitrogens is 1. The Hall–Kier alpha value is -1.99. The molecule has 0 aliphatic carbocycles. The number of hydrogen-bond donors (Lipinski definition) is 0. The zero-order valence-corrected chi connectivity index (χ0v) is 11.9. The van der Waals surface area contributed by atoms with Crippen LogP contribution < -0.4 is 10.3 Å². The third kappa shape index (κ3) is 2.95. The number of benzene rings is 1. The van der Waals surface area contributed by atoms with Crippen molar-refractivity contribution in [1.29, 1.82) is 0 Å². The molecule has 0 amide bonds. The quantitative estimate of drug-likeness (QED) is 0.869. The monoisotopic (exact) mass is 311 g/mol. The van der Waals surface area contributed by atoms with Gasteiger partial charge in [0.25, 0.3) is 5.56 Å². The summed E-state index contributed by atoms with van der Waals surface area (Å²) in [5.74, 6) is 0.00880. The summed E-state index contributed by atoms with van der Waals surface area (Å²) in [5.41, 5.74) is 1.05. The van der Waals surface area contributed by atoms with E-state index in [2.05, 4.69) is 4.74 Å². The summed E-state index contributed by atoms with van der Waals surface area (Å²) in [4.78, 5) is 12.2. The maximum atomic E-state index is 12.4. The van der Waals surface area contributed by atoms with Crippen LogP contribution in [0.1, 0.15) is 5.56 Å². The predicted octanol–water partition coefficient (Wildman–Crippen LogP) is 2.28. The Morgan fingerprint density at radius 3 is 2.73 bits per heavy atom. The van der Waals surface area contributed by atoms with Crippen molar-refractivity contribution in [3.63, 3.8) is 0 Å². The van der Waals surface area contributed by atoms with E-state index in [4.69, 9.17) is 9.47 Å². The van der Waals surface area contributed by atoms with Crippen LogP contribution in [0.5, 0.6) is 5.75 Å². The van der Waals surface area contributed by atoms with Gasteiger partial charge in [0.1, 0.15) is 5.75 Å². The van der Waals surface area contributed by atoms with Gasteiger partial charge in [-0.2, -0.15) is 8.78 Å². The van der Waals surface area contributed by atoms with Crippen molar-refractivity contribution in [2.24, 2.45) is 0 Å². The van der Waals surface area contributed by atoms with E-state index < -0.39 is 12.9 Å². The van der Waals surface area contributed by atoms with Gasteiger partial charge in [-0.05, 0) is 24.6 Å². The fourth-order valence-corrected chi connectivity index (χ4v) is 2.55. The minimum atomic E-state index is -2.91. The second-order valence-corrected chi connectivity index (χ2v) is 5.00. The van der Waals surface area contributed by atoms with E-state index in [0.29, 0.717) is 18.7 Å². The first-order chi connectivity index (χ1) is 10.5. The molecule has 0 unspecified atom stereocenters. The first kappa shape index (κ1) is 14.9. The second kappa shape index (κ2) is 6.02. The largest absolute Gasteiger partial charge is 0.435 e. The lowest BCUT2D eigenvalue weighted by Crippen LogP contribution is -2.27. The molecule has 1 aliphatic heterocycles. The Kier molecular flexibility index (Phi) is 4.08. The van der Waals surface area contributed by atoms with Gasteiger partial charge in [0.15, 0.2) is 6.29 Å². The summed E-state index contributed by atoms with van der Waals surface area (Å²) < 4.78 is 41.3. The Morgan fingerprint density at radius 1 is 1.32 bits per heavy atom. The van der Waals surface area contributed by atoms with Crippen molar-refractivity contribution in [3.8, 4) is 5.75 Å². The fourth-order valence-electron chi connectivity index (χ4n) is 2.55. The summed E-state index contributed by atoms with van der Waals surface area (Å²) in [7, 11) is 0. The number of aryl methyl sites for hydroxylation is 1. The highest BCUT2D eigenvalue weighted by Gasteiger charge is 2.19. The number of alkyl halides is 2. The highest BCUT2D eigenvalue weighted by atomic mass is 19.3. The molecule has 2 aromatic rings. The maximum absolute atomic E-state index is 12.4. The molecule has 1 aromatic carbocycles. The van der Waals surface area contributed by atoms with Crippen LogP contribution in [-0.2, 0) is 16.0 Å². The summed E-state index contributed by atoms with van der Waals surface area (Å²) in [5, 5.41) is 0.791. The van der Waals surface area contributed by atoms with E-state index in [1.54, 1.807) is 13.0 Å². The van der Waals surface area contributed by atoms with E-state index in [-0.39, 0.29) is 17.9 Å². The fraction of sp³-hybridized carbons (Fsp3) is 0.400. The number of hydrogen-bond acceptors (Lipinski definition) is 4. The van der Waals surface area contributed by atoms with Crippen LogP contribution in [0, 0.1) is 6.92 Å². The third-order valence-corrected chi connectivity index (χ3v) is 3.54. The molecule has 0 bridgehead atoms. The Morgan fingerprint density at radius 2 is 2.05 bits per heavy atom. The van der Waals surface area contributed by atoms with E-state index >= 15 is 0 Å². The minimum Gasteiger partial charge on any atom is -0.435 e. The molecule has 118 valence electrons. The summed E-state index contributed by atoms with van der Waals surface area (Å²) >= 11 is 0. The molecule has 1 fully saturated rings. The third-order valence-electron chi connectivity index (χ3n) is 3.54. The van der Waals surface area contributed by atoms with Crippen LogP contribution in [0.25, 0.3) is 10.9 Å². The molecular formula is C15H15F2NO4. The van der Waals surface area contributed by atoms with Gasteiger partial charge in [0, 0.05) is 17.5 Å². The van der Waals surface area contributed by atoms with Crippen molar-refractivity contribution in [2.75, 3.05) is 13.2 Å². The number of pyridine rings is 1. The molecule has 1 aromatic heterocycles. The van der Waals surface area contributed by atoms with Crippen molar-refractivity contribution >= 4 is 10.9 Å². The van der Waals surface area contributed by atoms with Gasteiger partial charge >= 0.3 is 6.61 Å². The summed E-state index contributed by atoms with van der Waals surface area (Å²) in [6.07, 6.45) is -0.511. The molecule has 2 heterocycles. The molecule has 1 saturated heterocycles. The number of fused-ring (bicyclic) bond motifs is 1. The van der Waals surface area contributed by atoms with Crippen molar-refractivity contribution in [3.05, 3.63) is 40.2 Å². The molecule has 1 aliphatic rings. The lowest BCUT2D eigenvalue weighted by atomic mass is 10.1. The molecule has 0 radical (unpaired) electrons. The average molecular weight is 311 g/mol. The van der Waals surface area contributed by atoms with Crippen LogP contribution in [0.3, 0.4) is 0 Å². The minimum absolute atomic E-state index is 0.00880. The molecular weight excluding hydrogens is 296 g/mol. The Labute approximate surface area is 125 Å². The smallest absolute Gasteiger partial charge is 0.387 e. The van der Waals surface area contributed by atoms with E-state index in [0.717, 1.165) is 10.9 Å². The second-order valence-electron chi connectivity index (χ2n) is 5.00. The van der Waals surface area contributed by atoms with E-state index in [9.17, 15) is 13.6 Å². The zero-order valence-electron chi connectivity index (χ0n) is 11.9. The number of halogens is 2. The van der Waals surface area contributed by atoms with Crippen LogP contribution >= 0.6 is 0 Å². The van der Waals surface area contributed by atoms with Gasteiger partial charge in [0.2, 0.25) is 0 Å². The standard InChI is InChI=1S/C15H15F2NO4/c1-9-6-13(19)18(8-14-20-4-5-21-14)12-7-10(22-15(16)17)2-3-11(9)12/h2-3,6-7,14-15H,4-5,8H2,1H3. The Balaban J connectivity index is 2.08. The van der Waals surface area contributed by atoms with Crippen LogP contribution in [0.4, 0.5) is 8.78 Å². The average Bonchev–Trinajstić information content (AvgIpc) is 2.95. The van der Waals surface area contributed by atoms with Gasteiger partial charge in [-0.25, -0.2) is 0 Å². The highest BCUT2D eigenvalue weighted by molar-refractivity contribution is 5.83. The van der Waals surface area contributed by atoms with Gasteiger partial charge in [-0.15, -0.1) is 0 Å². The van der Waals surface area contributed by atoms with Crippen LogP contribution in [0.15, 0.2) is 29.1 Å². The highest BCUT2D eigenvalue weighted by Crippen LogP contribution is 2.24. The molecule has 22 heavy (non-hydrogen) atoms. The summed E-state index contributed by atoms with van der Waals surface area (Å²) in [6, 6.07) is 6.06. The van der Waals surface area contributed by atoms with Crippen molar-refractivity contribution < 1.29 is 23.0 Å². The lowest BCUT2D eigenvalue weighted by molar-refractivity contribution is -0.0528. The van der Waals surface area contributed by atoms with Gasteiger partial charge in [-0.3, -0.25) is 4.79 Å². The molecule has 7 heteroatoms. The van der Waals surface area contributed by atoms with Gasteiger partial charge in [0.05, 0.1) is 25.3 Å². The van der Waals surface area contributed by atoms with E-state index in [1.807, 2.05) is 0 Å². The normalized spacial score (nSPS) is 15.8. The maximum Gasteiger partial charge on any atom is 0.387 e. The molecule has 0 N–H and O–H groups in total. The zero-order chi connectivity index (χ0) is 15.7. The first-order valence-electron chi connectivity index (χ1n) is 6.87. The van der Waals surface area contributed by atoms with Gasteiger partial charge in [-0.1, -0.05) is 0 Å². The van der Waals surface area contributed by atoms with Crippen molar-refractivity contribution in [2.45, 2.75) is 26.4 Å². The molecule has 5 nitrogen and oxygen atoms in total. The topological polar surface area (TPSA) is 49.7 Å². The molecule has 0 spiro atoms. The molecule has 3 rings (SSSR count). The Bertz CT molecular complexity index is 738. The van der Waals surface area contributed by atoms with Crippen LogP contribution in [0.2, 0.25) is 0 Å². The molecule has 0 atom stereocenters. The lowest BCUT2D eigenvalue weighted by Gasteiger charge is -2.16. The van der Waals surface area contributed by atoms with E-state index in [1.165, 1.54) is 22.8 Å². The van der Waals surface area contributed by atoms with Gasteiger partial charge < -0.3 is 18.8 Å². The number of ether oxygens (including phenoxy) is 3. The number of rotatable bonds is 4.